The fourth-order valence-corrected chi connectivity index (χ4v) is 1.46. The van der Waals surface area contributed by atoms with Gasteiger partial charge >= 0.3 is 0 Å². The lowest BCUT2D eigenvalue weighted by Gasteiger charge is -2.13. The van der Waals surface area contributed by atoms with Crippen LogP contribution >= 0.6 is 0 Å². The van der Waals surface area contributed by atoms with E-state index in [2.05, 4.69) is 6.58 Å². The van der Waals surface area contributed by atoms with Gasteiger partial charge in [0.05, 0.1) is 5.69 Å². The molecule has 1 heterocycles. The molecule has 3 nitrogen and oxygen atoms in total. The number of hydrogen-bond donors (Lipinski definition) is 0. The van der Waals surface area contributed by atoms with Gasteiger partial charge in [-0.2, -0.15) is 0 Å². The zero-order valence-electron chi connectivity index (χ0n) is 8.01. The van der Waals surface area contributed by atoms with Crippen LogP contribution in [0.15, 0.2) is 54.6 Å². The number of nitrogens with zero attached hydrogens (tertiary/aromatic N) is 1. The van der Waals surface area contributed by atoms with Crippen molar-refractivity contribution in [2.75, 3.05) is 4.90 Å². The Balaban J connectivity index is 2.39. The lowest BCUT2D eigenvalue weighted by atomic mass is 10.2. The number of imide groups is 1. The topological polar surface area (TPSA) is 37.4 Å². The maximum atomic E-state index is 11.7. The molecule has 2 amide bonds. The van der Waals surface area contributed by atoms with Crippen LogP contribution in [0.4, 0.5) is 5.69 Å². The second-order valence-electron chi connectivity index (χ2n) is 3.12. The average molecular weight is 199 g/mol. The summed E-state index contributed by atoms with van der Waals surface area (Å²) in [5.41, 5.74) is 0.921. The first-order valence-corrected chi connectivity index (χ1v) is 4.51. The summed E-state index contributed by atoms with van der Waals surface area (Å²) in [6, 6.07) is 8.82. The van der Waals surface area contributed by atoms with Crippen LogP contribution in [0.5, 0.6) is 0 Å². The summed E-state index contributed by atoms with van der Waals surface area (Å²) < 4.78 is 0. The summed E-state index contributed by atoms with van der Waals surface area (Å²) in [6.07, 6.45) is 2.69. The van der Waals surface area contributed by atoms with Gasteiger partial charge in [0.15, 0.2) is 0 Å². The van der Waals surface area contributed by atoms with E-state index in [1.807, 2.05) is 6.07 Å². The van der Waals surface area contributed by atoms with Crippen LogP contribution in [0.3, 0.4) is 0 Å². The van der Waals surface area contributed by atoms with Crippen molar-refractivity contribution >= 4 is 17.5 Å². The van der Waals surface area contributed by atoms with E-state index in [9.17, 15) is 9.59 Å². The van der Waals surface area contributed by atoms with E-state index in [4.69, 9.17) is 0 Å². The molecule has 0 N–H and O–H groups in total. The van der Waals surface area contributed by atoms with Crippen LogP contribution in [0, 0.1) is 0 Å². The largest absolute Gasteiger partial charge is 0.269 e. The first-order chi connectivity index (χ1) is 7.24. The second kappa shape index (κ2) is 3.53. The molecule has 1 aromatic rings. The van der Waals surface area contributed by atoms with Crippen molar-refractivity contribution in [1.82, 2.24) is 0 Å². The van der Waals surface area contributed by atoms with Crippen LogP contribution in [-0.2, 0) is 9.59 Å². The highest BCUT2D eigenvalue weighted by atomic mass is 16.2. The smallest absolute Gasteiger partial charge is 0.265 e. The number of rotatable bonds is 2. The van der Waals surface area contributed by atoms with Gasteiger partial charge in [0.25, 0.3) is 11.8 Å². The van der Waals surface area contributed by atoms with Gasteiger partial charge in [-0.25, -0.2) is 4.90 Å². The van der Waals surface area contributed by atoms with E-state index in [1.54, 1.807) is 24.3 Å². The molecular formula is C12H9NO2. The summed E-state index contributed by atoms with van der Waals surface area (Å²) in [7, 11) is 0. The predicted molar refractivity (Wildman–Crippen MR) is 57.2 cm³/mol. The predicted octanol–water partition coefficient (Wildman–Crippen LogP) is 1.67. The number of carbonyl (C=O) groups is 2. The number of anilines is 1. The van der Waals surface area contributed by atoms with Crippen LogP contribution in [0.1, 0.15) is 0 Å². The number of benzene rings is 1. The average Bonchev–Trinajstić information content (AvgIpc) is 2.55. The van der Waals surface area contributed by atoms with Gasteiger partial charge in [0.1, 0.15) is 0 Å². The molecule has 1 aliphatic rings. The minimum Gasteiger partial charge on any atom is -0.269 e. The van der Waals surface area contributed by atoms with Crippen LogP contribution < -0.4 is 4.90 Å². The molecule has 15 heavy (non-hydrogen) atoms. The van der Waals surface area contributed by atoms with Gasteiger partial charge in [-0.3, -0.25) is 9.59 Å². The summed E-state index contributed by atoms with van der Waals surface area (Å²) >= 11 is 0. The van der Waals surface area contributed by atoms with Crippen molar-refractivity contribution in [2.24, 2.45) is 0 Å². The van der Waals surface area contributed by atoms with E-state index in [1.165, 1.54) is 12.2 Å². The Kier molecular flexibility index (Phi) is 2.21. The monoisotopic (exact) mass is 199 g/mol. The molecule has 0 radical (unpaired) electrons. The Morgan fingerprint density at radius 2 is 1.80 bits per heavy atom. The summed E-state index contributed by atoms with van der Waals surface area (Å²) in [5.74, 6) is -0.637. The number of hydrogen-bond acceptors (Lipinski definition) is 2. The highest BCUT2D eigenvalue weighted by molar-refractivity contribution is 6.31. The third kappa shape index (κ3) is 1.48. The van der Waals surface area contributed by atoms with E-state index in [0.29, 0.717) is 11.3 Å². The highest BCUT2D eigenvalue weighted by Crippen LogP contribution is 2.21. The second-order valence-corrected chi connectivity index (χ2v) is 3.12. The third-order valence-electron chi connectivity index (χ3n) is 2.18. The lowest BCUT2D eigenvalue weighted by Crippen LogP contribution is -2.30. The maximum absolute atomic E-state index is 11.7. The number of carbonyl (C=O) groups excluding carboxylic acids is 2. The van der Waals surface area contributed by atoms with E-state index in [-0.39, 0.29) is 11.8 Å². The minimum atomic E-state index is -0.318. The molecule has 3 heteroatoms. The van der Waals surface area contributed by atoms with Gasteiger partial charge in [0, 0.05) is 11.6 Å². The summed E-state index contributed by atoms with van der Waals surface area (Å²) in [5, 5.41) is 0. The molecule has 0 saturated heterocycles. The highest BCUT2D eigenvalue weighted by Gasteiger charge is 2.30. The van der Waals surface area contributed by atoms with Crippen molar-refractivity contribution in [3.63, 3.8) is 0 Å². The lowest BCUT2D eigenvalue weighted by molar-refractivity contribution is -0.120. The van der Waals surface area contributed by atoms with Gasteiger partial charge in [-0.15, -0.1) is 0 Å². The van der Waals surface area contributed by atoms with Gasteiger partial charge in [0.2, 0.25) is 0 Å². The molecule has 0 aliphatic carbocycles. The maximum Gasteiger partial charge on any atom is 0.265 e. The Labute approximate surface area is 87.3 Å². The Morgan fingerprint density at radius 1 is 1.13 bits per heavy atom. The summed E-state index contributed by atoms with van der Waals surface area (Å²) in [6.45, 7) is 3.49. The first-order valence-electron chi connectivity index (χ1n) is 4.51. The quantitative estimate of drug-likeness (QED) is 0.679. The molecule has 0 spiro atoms. The van der Waals surface area contributed by atoms with Gasteiger partial charge in [-0.1, -0.05) is 30.9 Å². The SMILES string of the molecule is C=CC1=CC(=O)N(c2ccccc2)C1=O. The van der Waals surface area contributed by atoms with Crippen LogP contribution in [0.2, 0.25) is 0 Å². The van der Waals surface area contributed by atoms with E-state index >= 15 is 0 Å². The molecule has 0 fully saturated rings. The molecule has 0 unspecified atom stereocenters. The Morgan fingerprint density at radius 3 is 2.33 bits per heavy atom. The van der Waals surface area contributed by atoms with Gasteiger partial charge in [-0.05, 0) is 12.1 Å². The zero-order chi connectivity index (χ0) is 10.8. The van der Waals surface area contributed by atoms with Crippen molar-refractivity contribution < 1.29 is 9.59 Å². The van der Waals surface area contributed by atoms with Crippen LogP contribution in [-0.4, -0.2) is 11.8 Å². The van der Waals surface area contributed by atoms with E-state index in [0.717, 1.165) is 4.90 Å². The fourth-order valence-electron chi connectivity index (χ4n) is 1.46. The molecule has 2 rings (SSSR count). The Bertz CT molecular complexity index is 460. The molecule has 0 saturated carbocycles. The molecule has 74 valence electrons. The molecule has 0 aromatic heterocycles. The molecule has 1 aliphatic heterocycles. The van der Waals surface area contributed by atoms with Crippen LogP contribution in [0.25, 0.3) is 0 Å². The van der Waals surface area contributed by atoms with Gasteiger partial charge < -0.3 is 0 Å². The minimum absolute atomic E-state index is 0.318. The molecule has 0 bridgehead atoms. The molecular weight excluding hydrogens is 190 g/mol. The van der Waals surface area contributed by atoms with Crippen molar-refractivity contribution in [3.05, 3.63) is 54.6 Å². The first kappa shape index (κ1) is 9.40. The number of amides is 2. The normalized spacial score (nSPS) is 15.5. The number of para-hydroxylation sites is 1. The van der Waals surface area contributed by atoms with Crippen molar-refractivity contribution in [1.29, 1.82) is 0 Å². The summed E-state index contributed by atoms with van der Waals surface area (Å²) in [4.78, 5) is 24.4. The zero-order valence-corrected chi connectivity index (χ0v) is 8.01. The third-order valence-corrected chi connectivity index (χ3v) is 2.18. The Hall–Kier alpha value is -2.16. The fraction of sp³-hybridized carbons (Fsp3) is 0. The van der Waals surface area contributed by atoms with Crippen molar-refractivity contribution in [3.8, 4) is 0 Å². The standard InChI is InChI=1S/C12H9NO2/c1-2-9-8-11(14)13(12(9)15)10-6-4-3-5-7-10/h2-8H,1H2. The molecule has 1 aromatic carbocycles. The van der Waals surface area contributed by atoms with Crippen molar-refractivity contribution in [2.45, 2.75) is 0 Å². The van der Waals surface area contributed by atoms with E-state index < -0.39 is 0 Å². The molecule has 0 atom stereocenters.